The molecule has 2 aromatic rings. The Balaban J connectivity index is 2.23. The Labute approximate surface area is 109 Å². The van der Waals surface area contributed by atoms with Crippen LogP contribution >= 0.6 is 0 Å². The fraction of sp³-hybridized carbons (Fsp3) is 0.400. The number of hydrogen-bond donors (Lipinski definition) is 1. The summed E-state index contributed by atoms with van der Waals surface area (Å²) in [4.78, 5) is 4.47. The van der Waals surface area contributed by atoms with Crippen LogP contribution in [0.25, 0.3) is 5.69 Å². The lowest BCUT2D eigenvalue weighted by molar-refractivity contribution is 0.572. The number of nitrogens with zero attached hydrogens (tertiary/aromatic N) is 2. The van der Waals surface area contributed by atoms with Gasteiger partial charge in [-0.3, -0.25) is 0 Å². The number of imidazole rings is 1. The molecule has 2 rings (SSSR count). The van der Waals surface area contributed by atoms with E-state index in [1.807, 2.05) is 6.33 Å². The van der Waals surface area contributed by atoms with Crippen LogP contribution in [-0.4, -0.2) is 16.1 Å². The highest BCUT2D eigenvalue weighted by atomic mass is 15.0. The average Bonchev–Trinajstić information content (AvgIpc) is 2.79. The lowest BCUT2D eigenvalue weighted by Gasteiger charge is -2.14. The number of hydrogen-bond acceptors (Lipinski definition) is 2. The summed E-state index contributed by atoms with van der Waals surface area (Å²) in [6.45, 7) is 7.21. The minimum Gasteiger partial charge on any atom is -0.330 e. The van der Waals surface area contributed by atoms with E-state index in [-0.39, 0.29) is 5.41 Å². The van der Waals surface area contributed by atoms with Crippen LogP contribution in [0, 0.1) is 0 Å². The zero-order valence-corrected chi connectivity index (χ0v) is 11.4. The van der Waals surface area contributed by atoms with E-state index in [1.165, 1.54) is 5.56 Å². The van der Waals surface area contributed by atoms with E-state index < -0.39 is 0 Å². The molecule has 18 heavy (non-hydrogen) atoms. The van der Waals surface area contributed by atoms with Crippen molar-refractivity contribution >= 4 is 0 Å². The maximum atomic E-state index is 5.55. The second-order valence-corrected chi connectivity index (χ2v) is 5.62. The van der Waals surface area contributed by atoms with E-state index in [9.17, 15) is 0 Å². The second kappa shape index (κ2) is 4.94. The summed E-state index contributed by atoms with van der Waals surface area (Å²) in [6, 6.07) is 8.47. The van der Waals surface area contributed by atoms with Gasteiger partial charge in [-0.1, -0.05) is 32.9 Å². The summed E-state index contributed by atoms with van der Waals surface area (Å²) in [5.41, 5.74) is 9.15. The number of nitrogens with two attached hydrogens (primary N) is 1. The largest absolute Gasteiger partial charge is 0.330 e. The molecular formula is C15H21N3. The first-order chi connectivity index (χ1) is 8.50. The zero-order chi connectivity index (χ0) is 13.2. The maximum absolute atomic E-state index is 5.55. The van der Waals surface area contributed by atoms with Crippen molar-refractivity contribution in [3.63, 3.8) is 0 Å². The molecule has 1 aromatic carbocycles. The minimum atomic E-state index is 0.0880. The molecule has 0 unspecified atom stereocenters. The maximum Gasteiger partial charge on any atom is 0.0995 e. The Morgan fingerprint density at radius 2 is 1.83 bits per heavy atom. The molecular weight excluding hydrogens is 222 g/mol. The number of rotatable bonds is 3. The molecule has 0 aliphatic heterocycles. The van der Waals surface area contributed by atoms with E-state index >= 15 is 0 Å². The van der Waals surface area contributed by atoms with Gasteiger partial charge in [0.15, 0.2) is 0 Å². The lowest BCUT2D eigenvalue weighted by Crippen LogP contribution is -2.11. The van der Waals surface area contributed by atoms with Crippen molar-refractivity contribution in [3.05, 3.63) is 48.0 Å². The van der Waals surface area contributed by atoms with Gasteiger partial charge in [0.2, 0.25) is 0 Å². The molecule has 0 radical (unpaired) electrons. The van der Waals surface area contributed by atoms with Crippen molar-refractivity contribution in [1.82, 2.24) is 9.55 Å². The second-order valence-electron chi connectivity index (χ2n) is 5.62. The number of aromatic nitrogens is 2. The van der Waals surface area contributed by atoms with Gasteiger partial charge in [-0.25, -0.2) is 4.98 Å². The molecule has 0 aliphatic carbocycles. The van der Waals surface area contributed by atoms with Gasteiger partial charge in [0.05, 0.1) is 12.0 Å². The fourth-order valence-electron chi connectivity index (χ4n) is 1.85. The SMILES string of the molecule is CC(C)(C)c1cn(-c2ccc(CCN)cc2)cn1. The van der Waals surface area contributed by atoms with Gasteiger partial charge in [-0.2, -0.15) is 0 Å². The molecule has 0 aliphatic rings. The van der Waals surface area contributed by atoms with Crippen molar-refractivity contribution < 1.29 is 0 Å². The van der Waals surface area contributed by atoms with Gasteiger partial charge in [-0.05, 0) is 30.7 Å². The third-order valence-corrected chi connectivity index (χ3v) is 3.02. The van der Waals surface area contributed by atoms with Gasteiger partial charge in [0.1, 0.15) is 0 Å². The molecule has 3 heteroatoms. The summed E-state index contributed by atoms with van der Waals surface area (Å²) in [6.07, 6.45) is 4.90. The third kappa shape index (κ3) is 2.79. The molecule has 0 amide bonds. The van der Waals surface area contributed by atoms with Crippen LogP contribution in [-0.2, 0) is 11.8 Å². The molecule has 1 heterocycles. The van der Waals surface area contributed by atoms with E-state index in [4.69, 9.17) is 5.73 Å². The summed E-state index contributed by atoms with van der Waals surface area (Å²) in [5, 5.41) is 0. The highest BCUT2D eigenvalue weighted by molar-refractivity contribution is 5.35. The normalized spacial score (nSPS) is 11.8. The molecule has 1 aromatic heterocycles. The fourth-order valence-corrected chi connectivity index (χ4v) is 1.85. The van der Waals surface area contributed by atoms with Crippen LogP contribution in [0.4, 0.5) is 0 Å². The van der Waals surface area contributed by atoms with Crippen LogP contribution in [0.2, 0.25) is 0 Å². The Morgan fingerprint density at radius 3 is 2.33 bits per heavy atom. The molecule has 2 N–H and O–H groups in total. The Hall–Kier alpha value is -1.61. The summed E-state index contributed by atoms with van der Waals surface area (Å²) >= 11 is 0. The molecule has 0 saturated carbocycles. The lowest BCUT2D eigenvalue weighted by atomic mass is 9.93. The average molecular weight is 243 g/mol. The van der Waals surface area contributed by atoms with E-state index in [0.717, 1.165) is 17.8 Å². The van der Waals surface area contributed by atoms with Crippen molar-refractivity contribution in [2.45, 2.75) is 32.6 Å². The Bertz CT molecular complexity index is 503. The van der Waals surface area contributed by atoms with E-state index in [0.29, 0.717) is 6.54 Å². The molecule has 0 spiro atoms. The van der Waals surface area contributed by atoms with Gasteiger partial charge in [0, 0.05) is 17.3 Å². The van der Waals surface area contributed by atoms with Crippen LogP contribution in [0.1, 0.15) is 32.0 Å². The number of benzene rings is 1. The summed E-state index contributed by atoms with van der Waals surface area (Å²) in [5.74, 6) is 0. The summed E-state index contributed by atoms with van der Waals surface area (Å²) in [7, 11) is 0. The molecule has 3 nitrogen and oxygen atoms in total. The van der Waals surface area contributed by atoms with Crippen LogP contribution < -0.4 is 5.73 Å². The first-order valence-electron chi connectivity index (χ1n) is 6.34. The highest BCUT2D eigenvalue weighted by Crippen LogP contribution is 2.21. The standard InChI is InChI=1S/C15H21N3/c1-15(2,3)14-10-18(11-17-14)13-6-4-12(5-7-13)8-9-16/h4-7,10-11H,8-9,16H2,1-3H3. The predicted molar refractivity (Wildman–Crippen MR) is 75.0 cm³/mol. The smallest absolute Gasteiger partial charge is 0.0995 e. The molecule has 0 fully saturated rings. The van der Waals surface area contributed by atoms with Crippen molar-refractivity contribution in [2.24, 2.45) is 5.73 Å². The van der Waals surface area contributed by atoms with Crippen LogP contribution in [0.5, 0.6) is 0 Å². The van der Waals surface area contributed by atoms with Crippen molar-refractivity contribution in [2.75, 3.05) is 6.54 Å². The first kappa shape index (κ1) is 12.8. The Morgan fingerprint density at radius 1 is 1.17 bits per heavy atom. The zero-order valence-electron chi connectivity index (χ0n) is 11.4. The van der Waals surface area contributed by atoms with Gasteiger partial charge in [0.25, 0.3) is 0 Å². The Kier molecular flexibility index (Phi) is 3.53. The van der Waals surface area contributed by atoms with Gasteiger partial charge < -0.3 is 10.3 Å². The van der Waals surface area contributed by atoms with E-state index in [1.54, 1.807) is 0 Å². The van der Waals surface area contributed by atoms with E-state index in [2.05, 4.69) is 60.8 Å². The topological polar surface area (TPSA) is 43.8 Å². The molecule has 0 bridgehead atoms. The van der Waals surface area contributed by atoms with Crippen molar-refractivity contribution in [3.8, 4) is 5.69 Å². The molecule has 96 valence electrons. The van der Waals surface area contributed by atoms with Gasteiger partial charge >= 0.3 is 0 Å². The first-order valence-corrected chi connectivity index (χ1v) is 6.34. The van der Waals surface area contributed by atoms with Crippen molar-refractivity contribution in [1.29, 1.82) is 0 Å². The van der Waals surface area contributed by atoms with Crippen LogP contribution in [0.3, 0.4) is 0 Å². The summed E-state index contributed by atoms with van der Waals surface area (Å²) < 4.78 is 2.06. The monoisotopic (exact) mass is 243 g/mol. The minimum absolute atomic E-state index is 0.0880. The quantitative estimate of drug-likeness (QED) is 0.900. The van der Waals surface area contributed by atoms with Gasteiger partial charge in [-0.15, -0.1) is 0 Å². The predicted octanol–water partition coefficient (Wildman–Crippen LogP) is 2.67. The van der Waals surface area contributed by atoms with Crippen LogP contribution in [0.15, 0.2) is 36.8 Å². The third-order valence-electron chi connectivity index (χ3n) is 3.02. The molecule has 0 atom stereocenters. The highest BCUT2D eigenvalue weighted by Gasteiger charge is 2.16. The molecule has 0 saturated heterocycles.